The van der Waals surface area contributed by atoms with E-state index in [0.29, 0.717) is 18.7 Å². The van der Waals surface area contributed by atoms with E-state index in [-0.39, 0.29) is 11.7 Å². The van der Waals surface area contributed by atoms with Crippen molar-refractivity contribution in [3.8, 4) is 6.07 Å². The maximum absolute atomic E-state index is 13.1. The number of benzene rings is 2. The van der Waals surface area contributed by atoms with E-state index in [2.05, 4.69) is 6.07 Å². The number of piperazine rings is 1. The number of nitrogens with zero attached hydrogens (tertiary/aromatic N) is 2. The molecule has 1 aliphatic rings. The number of rotatable bonds is 6. The van der Waals surface area contributed by atoms with Crippen LogP contribution in [0.15, 0.2) is 48.5 Å². The molecule has 0 atom stereocenters. The van der Waals surface area contributed by atoms with Gasteiger partial charge in [-0.15, -0.1) is 0 Å². The van der Waals surface area contributed by atoms with Crippen molar-refractivity contribution in [1.82, 2.24) is 0 Å². The summed E-state index contributed by atoms with van der Waals surface area (Å²) in [6, 6.07) is 16.0. The van der Waals surface area contributed by atoms with E-state index in [0.717, 1.165) is 38.4 Å². The van der Waals surface area contributed by atoms with E-state index in [1.165, 1.54) is 27.5 Å². The Labute approximate surface area is 165 Å². The lowest BCUT2D eigenvalue weighted by atomic mass is 10.1. The minimum atomic E-state index is -0.292. The number of likely N-dealkylation sites (N-methyl/N-ethyl adjacent to an activating group) is 1. The third-order valence-electron chi connectivity index (χ3n) is 5.36. The highest BCUT2D eigenvalue weighted by atomic mass is 19.1. The maximum Gasteiger partial charge on any atom is 0.282 e. The van der Waals surface area contributed by atoms with Crippen molar-refractivity contribution in [3.05, 3.63) is 65.5 Å². The van der Waals surface area contributed by atoms with E-state index in [9.17, 15) is 9.18 Å². The fraction of sp³-hybridized carbons (Fsp3) is 0.364. The van der Waals surface area contributed by atoms with Crippen LogP contribution in [0.3, 0.4) is 0 Å². The van der Waals surface area contributed by atoms with Crippen LogP contribution in [-0.2, 0) is 11.3 Å². The molecule has 2 aromatic carbocycles. The van der Waals surface area contributed by atoms with Crippen molar-refractivity contribution in [3.63, 3.8) is 0 Å². The minimum absolute atomic E-state index is 0.0830. The normalized spacial score (nSPS) is 19.0. The Morgan fingerprint density at radius 2 is 1.64 bits per heavy atom. The van der Waals surface area contributed by atoms with Crippen molar-refractivity contribution in [2.75, 3.05) is 44.2 Å². The second kappa shape index (κ2) is 9.45. The zero-order valence-electron chi connectivity index (χ0n) is 16.2. The summed E-state index contributed by atoms with van der Waals surface area (Å²) in [6.45, 7) is 7.89. The highest BCUT2D eigenvalue weighted by molar-refractivity contribution is 5.93. The smallest absolute Gasteiger partial charge is 0.282 e. The molecule has 1 amide bonds. The van der Waals surface area contributed by atoms with Gasteiger partial charge in [-0.3, -0.25) is 4.79 Å². The number of hydrogen-bond acceptors (Lipinski definition) is 2. The molecule has 5 nitrogen and oxygen atoms in total. The number of halogens is 1. The van der Waals surface area contributed by atoms with Gasteiger partial charge in [-0.2, -0.15) is 5.26 Å². The van der Waals surface area contributed by atoms with E-state index < -0.39 is 0 Å². The Morgan fingerprint density at radius 1 is 1.04 bits per heavy atom. The average Bonchev–Trinajstić information content (AvgIpc) is 2.72. The molecule has 3 rings (SSSR count). The number of anilines is 1. The number of amides is 1. The zero-order valence-corrected chi connectivity index (χ0v) is 16.2. The van der Waals surface area contributed by atoms with Gasteiger partial charge in [0.1, 0.15) is 38.5 Å². The lowest BCUT2D eigenvalue weighted by Crippen LogP contribution is -3.28. The summed E-state index contributed by atoms with van der Waals surface area (Å²) in [6.07, 6.45) is 0. The van der Waals surface area contributed by atoms with Crippen LogP contribution in [0.2, 0.25) is 0 Å². The average molecular weight is 382 g/mol. The molecule has 2 N–H and O–H groups in total. The topological polar surface area (TPSA) is 53.0 Å². The Bertz CT molecular complexity index is 821. The third kappa shape index (κ3) is 5.16. The number of carbonyl (C=O) groups excluding carboxylic acids is 1. The Balaban J connectivity index is 1.49. The highest BCUT2D eigenvalue weighted by Gasteiger charge is 2.27. The Kier molecular flexibility index (Phi) is 6.75. The van der Waals surface area contributed by atoms with Crippen LogP contribution >= 0.6 is 0 Å². The van der Waals surface area contributed by atoms with Crippen LogP contribution in [0.1, 0.15) is 18.1 Å². The maximum atomic E-state index is 13.1. The van der Waals surface area contributed by atoms with E-state index in [1.807, 2.05) is 31.2 Å². The fourth-order valence-electron chi connectivity index (χ4n) is 3.73. The molecule has 0 bridgehead atoms. The molecule has 1 aliphatic heterocycles. The van der Waals surface area contributed by atoms with Gasteiger partial charge in [-0.05, 0) is 43.3 Å². The number of quaternary nitrogens is 2. The predicted octanol–water partition coefficient (Wildman–Crippen LogP) is 0.0339. The highest BCUT2D eigenvalue weighted by Crippen LogP contribution is 2.14. The zero-order chi connectivity index (χ0) is 19.9. The summed E-state index contributed by atoms with van der Waals surface area (Å²) < 4.78 is 13.1. The molecule has 0 aliphatic carbocycles. The molecule has 0 radical (unpaired) electrons. The summed E-state index contributed by atoms with van der Waals surface area (Å²) in [4.78, 5) is 17.3. The summed E-state index contributed by atoms with van der Waals surface area (Å²) in [5.41, 5.74) is 2.67. The molecule has 1 saturated heterocycles. The van der Waals surface area contributed by atoms with Crippen LogP contribution in [-0.4, -0.2) is 45.2 Å². The van der Waals surface area contributed by atoms with Gasteiger partial charge in [-0.1, -0.05) is 12.1 Å². The molecule has 1 heterocycles. The fourth-order valence-corrected chi connectivity index (χ4v) is 3.73. The minimum Gasteiger partial charge on any atom is -0.322 e. The Morgan fingerprint density at radius 3 is 2.21 bits per heavy atom. The second-order valence-corrected chi connectivity index (χ2v) is 7.28. The van der Waals surface area contributed by atoms with Crippen LogP contribution in [0, 0.1) is 17.1 Å². The number of carbonyl (C=O) groups is 1. The molecule has 28 heavy (non-hydrogen) atoms. The van der Waals surface area contributed by atoms with Gasteiger partial charge in [0.15, 0.2) is 6.54 Å². The third-order valence-corrected chi connectivity index (χ3v) is 5.36. The monoisotopic (exact) mass is 382 g/mol. The second-order valence-electron chi connectivity index (χ2n) is 7.28. The Hall–Kier alpha value is -2.75. The van der Waals surface area contributed by atoms with Crippen molar-refractivity contribution in [2.24, 2.45) is 0 Å². The van der Waals surface area contributed by atoms with Crippen LogP contribution in [0.4, 0.5) is 10.1 Å². The van der Waals surface area contributed by atoms with Crippen LogP contribution in [0.25, 0.3) is 0 Å². The molecule has 6 heteroatoms. The van der Waals surface area contributed by atoms with Crippen molar-refractivity contribution >= 4 is 11.6 Å². The number of nitrogens with one attached hydrogen (secondary N) is 2. The number of hydrogen-bond donors (Lipinski definition) is 2. The number of nitriles is 1. The van der Waals surface area contributed by atoms with Crippen molar-refractivity contribution < 1.29 is 19.0 Å². The lowest BCUT2D eigenvalue weighted by Gasteiger charge is -2.31. The van der Waals surface area contributed by atoms with E-state index >= 15 is 0 Å². The van der Waals surface area contributed by atoms with Crippen molar-refractivity contribution in [1.29, 1.82) is 5.26 Å². The van der Waals surface area contributed by atoms with Crippen LogP contribution < -0.4 is 14.7 Å². The molecular formula is C22H27FN4O+2. The van der Waals surface area contributed by atoms with Gasteiger partial charge in [0, 0.05) is 17.8 Å². The van der Waals surface area contributed by atoms with E-state index in [1.54, 1.807) is 17.0 Å². The molecule has 1 fully saturated rings. The first-order valence-corrected chi connectivity index (χ1v) is 9.81. The van der Waals surface area contributed by atoms with Gasteiger partial charge >= 0.3 is 0 Å². The van der Waals surface area contributed by atoms with Gasteiger partial charge in [-0.25, -0.2) is 4.39 Å². The molecular weight excluding hydrogens is 355 g/mol. The van der Waals surface area contributed by atoms with Gasteiger partial charge < -0.3 is 14.7 Å². The van der Waals surface area contributed by atoms with Crippen molar-refractivity contribution in [2.45, 2.75) is 13.5 Å². The molecule has 0 unspecified atom stereocenters. The quantitative estimate of drug-likeness (QED) is 0.741. The predicted molar refractivity (Wildman–Crippen MR) is 106 cm³/mol. The molecule has 0 spiro atoms. The molecule has 146 valence electrons. The summed E-state index contributed by atoms with van der Waals surface area (Å²) >= 11 is 0. The molecule has 0 saturated carbocycles. The standard InChI is InChI=1S/C22H25FN4O/c1-2-27(21-9-7-20(23)8-10-21)22(28)17-26-13-11-25(12-14-26)16-19-5-3-18(15-24)4-6-19/h3-10H,2,11-14,16-17H2,1H3/p+2. The largest absolute Gasteiger partial charge is 0.322 e. The van der Waals surface area contributed by atoms with Crippen LogP contribution in [0.5, 0.6) is 0 Å². The first-order valence-electron chi connectivity index (χ1n) is 9.81. The summed E-state index contributed by atoms with van der Waals surface area (Å²) in [5, 5.41) is 8.89. The SMILES string of the molecule is CCN(C(=O)C[NH+]1CC[NH+](Cc2ccc(C#N)cc2)CC1)c1ccc(F)cc1. The lowest BCUT2D eigenvalue weighted by molar-refractivity contribution is -1.02. The van der Waals surface area contributed by atoms with Gasteiger partial charge in [0.05, 0.1) is 11.6 Å². The first-order chi connectivity index (χ1) is 13.6. The molecule has 0 aromatic heterocycles. The molecule has 2 aromatic rings. The van der Waals surface area contributed by atoms with Gasteiger partial charge in [0.2, 0.25) is 0 Å². The first kappa shape index (κ1) is 20.0. The summed E-state index contributed by atoms with van der Waals surface area (Å²) in [5.74, 6) is -0.209. The van der Waals surface area contributed by atoms with E-state index in [4.69, 9.17) is 5.26 Å². The summed E-state index contributed by atoms with van der Waals surface area (Å²) in [7, 11) is 0. The van der Waals surface area contributed by atoms with Gasteiger partial charge in [0.25, 0.3) is 5.91 Å².